The van der Waals surface area contributed by atoms with Crippen LogP contribution in [0.15, 0.2) is 0 Å². The van der Waals surface area contributed by atoms with E-state index < -0.39 is 0 Å². The van der Waals surface area contributed by atoms with Gasteiger partial charge in [-0.1, -0.05) is 25.7 Å². The summed E-state index contributed by atoms with van der Waals surface area (Å²) in [4.78, 5) is 0. The second kappa shape index (κ2) is 4.24. The number of hydrogen-bond donors (Lipinski definition) is 2. The first kappa shape index (κ1) is 8.52. The van der Waals surface area contributed by atoms with E-state index in [1.165, 1.54) is 51.5 Å². The molecule has 0 bridgehead atoms. The summed E-state index contributed by atoms with van der Waals surface area (Å²) in [6.07, 6.45) is 10.1. The topological polar surface area (TPSA) is 24.1 Å². The molecule has 2 heteroatoms. The molecule has 0 aromatic rings. The van der Waals surface area contributed by atoms with Gasteiger partial charge in [-0.2, -0.15) is 0 Å². The highest BCUT2D eigenvalue weighted by Crippen LogP contribution is 2.27. The van der Waals surface area contributed by atoms with E-state index in [4.69, 9.17) is 0 Å². The van der Waals surface area contributed by atoms with Gasteiger partial charge in [0.15, 0.2) is 0 Å². The molecule has 70 valence electrons. The van der Waals surface area contributed by atoms with Gasteiger partial charge in [-0.15, -0.1) is 0 Å². The minimum atomic E-state index is 0.781. The smallest absolute Gasteiger partial charge is 0.0253 e. The van der Waals surface area contributed by atoms with Gasteiger partial charge in [0, 0.05) is 12.6 Å². The van der Waals surface area contributed by atoms with Crippen molar-refractivity contribution in [3.05, 3.63) is 0 Å². The summed E-state index contributed by atoms with van der Waals surface area (Å²) in [5.74, 6) is 0.961. The zero-order valence-electron chi connectivity index (χ0n) is 7.81. The molecule has 1 heterocycles. The number of rotatable bonds is 1. The molecule has 1 atom stereocenters. The van der Waals surface area contributed by atoms with Crippen LogP contribution in [0.4, 0.5) is 0 Å². The van der Waals surface area contributed by atoms with Crippen LogP contribution in [0.1, 0.15) is 44.9 Å². The SMILES string of the molecule is C1CCCC(C2CCNN2)CC1. The third-order valence-corrected chi connectivity index (χ3v) is 3.34. The minimum Gasteiger partial charge on any atom is -0.258 e. The quantitative estimate of drug-likeness (QED) is 0.584. The lowest BCUT2D eigenvalue weighted by atomic mass is 9.91. The van der Waals surface area contributed by atoms with E-state index in [0.717, 1.165) is 12.0 Å². The molecule has 2 N–H and O–H groups in total. The molecule has 2 nitrogen and oxygen atoms in total. The molecular weight excluding hydrogens is 148 g/mol. The van der Waals surface area contributed by atoms with Crippen LogP contribution in [-0.4, -0.2) is 12.6 Å². The summed E-state index contributed by atoms with van der Waals surface area (Å²) < 4.78 is 0. The van der Waals surface area contributed by atoms with Gasteiger partial charge in [0.1, 0.15) is 0 Å². The Bertz CT molecular complexity index is 122. The highest BCUT2D eigenvalue weighted by molar-refractivity contribution is 4.81. The molecular formula is C10H20N2. The standard InChI is InChI=1S/C10H20N2/c1-2-4-6-9(5-3-1)10-7-8-11-12-10/h9-12H,1-8H2. The van der Waals surface area contributed by atoms with Crippen LogP contribution < -0.4 is 10.9 Å². The Labute approximate surface area is 75.1 Å². The van der Waals surface area contributed by atoms with Crippen molar-refractivity contribution in [3.8, 4) is 0 Å². The summed E-state index contributed by atoms with van der Waals surface area (Å²) in [7, 11) is 0. The van der Waals surface area contributed by atoms with E-state index in [-0.39, 0.29) is 0 Å². The minimum absolute atomic E-state index is 0.781. The van der Waals surface area contributed by atoms with Crippen molar-refractivity contribution in [2.75, 3.05) is 6.54 Å². The molecule has 2 fully saturated rings. The Hall–Kier alpha value is -0.0800. The Balaban J connectivity index is 1.83. The van der Waals surface area contributed by atoms with Crippen molar-refractivity contribution < 1.29 is 0 Å². The van der Waals surface area contributed by atoms with Crippen molar-refractivity contribution in [2.24, 2.45) is 5.92 Å². The summed E-state index contributed by atoms with van der Waals surface area (Å²) >= 11 is 0. The molecule has 0 radical (unpaired) electrons. The van der Waals surface area contributed by atoms with E-state index in [1.54, 1.807) is 0 Å². The predicted octanol–water partition coefficient (Wildman–Crippen LogP) is 1.82. The first-order valence-electron chi connectivity index (χ1n) is 5.45. The van der Waals surface area contributed by atoms with Crippen LogP contribution in [0.25, 0.3) is 0 Å². The van der Waals surface area contributed by atoms with Gasteiger partial charge in [0.05, 0.1) is 0 Å². The molecule has 0 spiro atoms. The summed E-state index contributed by atoms with van der Waals surface area (Å²) in [5, 5.41) is 0. The van der Waals surface area contributed by atoms with Crippen LogP contribution in [0.5, 0.6) is 0 Å². The molecule has 0 amide bonds. The van der Waals surface area contributed by atoms with Crippen LogP contribution in [0, 0.1) is 5.92 Å². The molecule has 1 saturated heterocycles. The van der Waals surface area contributed by atoms with E-state index in [9.17, 15) is 0 Å². The van der Waals surface area contributed by atoms with Crippen molar-refractivity contribution >= 4 is 0 Å². The Morgan fingerprint density at radius 3 is 2.17 bits per heavy atom. The second-order valence-corrected chi connectivity index (χ2v) is 4.22. The molecule has 2 rings (SSSR count). The maximum Gasteiger partial charge on any atom is 0.0253 e. The average molecular weight is 168 g/mol. The highest BCUT2D eigenvalue weighted by atomic mass is 15.4. The fraction of sp³-hybridized carbons (Fsp3) is 1.00. The van der Waals surface area contributed by atoms with E-state index in [0.29, 0.717) is 0 Å². The molecule has 1 aliphatic heterocycles. The predicted molar refractivity (Wildman–Crippen MR) is 50.7 cm³/mol. The first-order valence-corrected chi connectivity index (χ1v) is 5.45. The van der Waals surface area contributed by atoms with Crippen LogP contribution >= 0.6 is 0 Å². The van der Waals surface area contributed by atoms with E-state index in [1.807, 2.05) is 0 Å². The van der Waals surface area contributed by atoms with Crippen molar-refractivity contribution in [1.82, 2.24) is 10.9 Å². The van der Waals surface area contributed by atoms with Gasteiger partial charge in [-0.3, -0.25) is 10.9 Å². The van der Waals surface area contributed by atoms with Gasteiger partial charge in [-0.05, 0) is 25.2 Å². The maximum atomic E-state index is 3.40. The lowest BCUT2D eigenvalue weighted by Crippen LogP contribution is -2.35. The van der Waals surface area contributed by atoms with Crippen LogP contribution in [0.2, 0.25) is 0 Å². The van der Waals surface area contributed by atoms with Crippen LogP contribution in [-0.2, 0) is 0 Å². The third-order valence-electron chi connectivity index (χ3n) is 3.34. The van der Waals surface area contributed by atoms with Gasteiger partial charge in [0.2, 0.25) is 0 Å². The normalized spacial score (nSPS) is 33.5. The molecule has 1 saturated carbocycles. The molecule has 0 aromatic heterocycles. The van der Waals surface area contributed by atoms with Gasteiger partial charge >= 0.3 is 0 Å². The van der Waals surface area contributed by atoms with Crippen molar-refractivity contribution in [2.45, 2.75) is 51.0 Å². The Kier molecular flexibility index (Phi) is 3.01. The molecule has 0 aromatic carbocycles. The fourth-order valence-electron chi connectivity index (χ4n) is 2.57. The monoisotopic (exact) mass is 168 g/mol. The molecule has 1 unspecified atom stereocenters. The fourth-order valence-corrected chi connectivity index (χ4v) is 2.57. The summed E-state index contributed by atoms with van der Waals surface area (Å²) in [6.45, 7) is 1.17. The molecule has 2 aliphatic rings. The summed E-state index contributed by atoms with van der Waals surface area (Å²) in [5.41, 5.74) is 6.64. The molecule has 1 aliphatic carbocycles. The lowest BCUT2D eigenvalue weighted by Gasteiger charge is -2.20. The highest BCUT2D eigenvalue weighted by Gasteiger charge is 2.24. The lowest BCUT2D eigenvalue weighted by molar-refractivity contribution is 0.338. The number of hydrazine groups is 1. The zero-order chi connectivity index (χ0) is 8.23. The van der Waals surface area contributed by atoms with Crippen molar-refractivity contribution in [3.63, 3.8) is 0 Å². The zero-order valence-corrected chi connectivity index (χ0v) is 7.81. The maximum absolute atomic E-state index is 3.40. The van der Waals surface area contributed by atoms with Gasteiger partial charge in [0.25, 0.3) is 0 Å². The number of hydrogen-bond acceptors (Lipinski definition) is 2. The third kappa shape index (κ3) is 1.99. The van der Waals surface area contributed by atoms with Crippen molar-refractivity contribution in [1.29, 1.82) is 0 Å². The summed E-state index contributed by atoms with van der Waals surface area (Å²) in [6, 6.07) is 0.781. The van der Waals surface area contributed by atoms with E-state index in [2.05, 4.69) is 10.9 Å². The second-order valence-electron chi connectivity index (χ2n) is 4.22. The van der Waals surface area contributed by atoms with E-state index >= 15 is 0 Å². The average Bonchev–Trinajstić information content (AvgIpc) is 2.48. The molecule has 12 heavy (non-hydrogen) atoms. The Morgan fingerprint density at radius 1 is 0.833 bits per heavy atom. The first-order chi connectivity index (χ1) is 5.97. The largest absolute Gasteiger partial charge is 0.258 e. The van der Waals surface area contributed by atoms with Gasteiger partial charge in [-0.25, -0.2) is 0 Å². The Morgan fingerprint density at radius 2 is 1.58 bits per heavy atom. The van der Waals surface area contributed by atoms with Crippen LogP contribution in [0.3, 0.4) is 0 Å². The van der Waals surface area contributed by atoms with Gasteiger partial charge < -0.3 is 0 Å². The number of nitrogens with one attached hydrogen (secondary N) is 2.